The highest BCUT2D eigenvalue weighted by Gasteiger charge is 2.44. The van der Waals surface area contributed by atoms with E-state index in [-0.39, 0.29) is 23.8 Å². The zero-order valence-corrected chi connectivity index (χ0v) is 15.2. The van der Waals surface area contributed by atoms with Crippen LogP contribution >= 0.6 is 0 Å². The summed E-state index contributed by atoms with van der Waals surface area (Å²) in [4.78, 5) is 32.8. The highest BCUT2D eigenvalue weighted by molar-refractivity contribution is 5.93. The summed E-state index contributed by atoms with van der Waals surface area (Å²) in [5.74, 6) is 2.23. The Morgan fingerprint density at radius 1 is 1.31 bits per heavy atom. The van der Waals surface area contributed by atoms with E-state index in [1.165, 1.54) is 0 Å². The molecule has 0 radical (unpaired) electrons. The molecule has 8 heteroatoms. The average molecular weight is 358 g/mol. The van der Waals surface area contributed by atoms with Crippen LogP contribution < -0.4 is 0 Å². The molecule has 8 nitrogen and oxygen atoms in total. The van der Waals surface area contributed by atoms with Gasteiger partial charge in [0.15, 0.2) is 11.6 Å². The van der Waals surface area contributed by atoms with Crippen LogP contribution in [0.1, 0.15) is 52.9 Å². The summed E-state index contributed by atoms with van der Waals surface area (Å²) in [7, 11) is 0. The molecule has 2 aromatic heterocycles. The Kier molecular flexibility index (Phi) is 4.05. The van der Waals surface area contributed by atoms with Crippen LogP contribution in [0.4, 0.5) is 0 Å². The van der Waals surface area contributed by atoms with Crippen molar-refractivity contribution >= 4 is 11.8 Å². The third-order valence-electron chi connectivity index (χ3n) is 5.15. The molecule has 2 fully saturated rings. The maximum Gasteiger partial charge on any atom is 0.289 e. The molecule has 0 spiro atoms. The molecule has 1 atom stereocenters. The van der Waals surface area contributed by atoms with Gasteiger partial charge in [-0.05, 0) is 19.9 Å². The van der Waals surface area contributed by atoms with Crippen LogP contribution in [0, 0.1) is 13.8 Å². The first-order valence-corrected chi connectivity index (χ1v) is 8.94. The van der Waals surface area contributed by atoms with E-state index in [0.717, 1.165) is 17.7 Å². The normalized spacial score (nSPS) is 20.7. The van der Waals surface area contributed by atoms with E-state index in [4.69, 9.17) is 8.94 Å². The van der Waals surface area contributed by atoms with Crippen molar-refractivity contribution in [3.05, 3.63) is 34.9 Å². The lowest BCUT2D eigenvalue weighted by atomic mass is 10.1. The maximum absolute atomic E-state index is 12.6. The minimum absolute atomic E-state index is 0.0429. The molecule has 2 saturated heterocycles. The molecule has 4 heterocycles. The van der Waals surface area contributed by atoms with E-state index >= 15 is 0 Å². The number of aryl methyl sites for hydroxylation is 3. The highest BCUT2D eigenvalue weighted by Crippen LogP contribution is 2.31. The van der Waals surface area contributed by atoms with Gasteiger partial charge in [-0.2, -0.15) is 4.98 Å². The number of rotatable bonds is 4. The predicted octanol–water partition coefficient (Wildman–Crippen LogP) is 1.68. The molecule has 0 aromatic carbocycles. The van der Waals surface area contributed by atoms with E-state index in [2.05, 4.69) is 10.1 Å². The second-order valence-electron chi connectivity index (χ2n) is 7.07. The monoisotopic (exact) mass is 358 g/mol. The lowest BCUT2D eigenvalue weighted by Gasteiger charge is -2.43. The number of furan rings is 1. The van der Waals surface area contributed by atoms with Gasteiger partial charge in [0.1, 0.15) is 5.76 Å². The molecule has 2 aliphatic rings. The van der Waals surface area contributed by atoms with Crippen molar-refractivity contribution < 1.29 is 18.5 Å². The van der Waals surface area contributed by atoms with Gasteiger partial charge < -0.3 is 18.7 Å². The number of aromatic nitrogens is 2. The fraction of sp³-hybridized carbons (Fsp3) is 0.556. The zero-order chi connectivity index (χ0) is 18.4. The van der Waals surface area contributed by atoms with E-state index in [1.54, 1.807) is 11.8 Å². The van der Waals surface area contributed by atoms with Crippen LogP contribution in [-0.4, -0.2) is 57.4 Å². The van der Waals surface area contributed by atoms with Gasteiger partial charge in [0.25, 0.3) is 5.91 Å². The summed E-state index contributed by atoms with van der Waals surface area (Å²) in [6.45, 7) is 7.26. The van der Waals surface area contributed by atoms with Gasteiger partial charge in [0.05, 0.1) is 12.0 Å². The lowest BCUT2D eigenvalue weighted by molar-refractivity contribution is -0.132. The van der Waals surface area contributed by atoms with Gasteiger partial charge in [-0.3, -0.25) is 9.59 Å². The number of amides is 2. The molecule has 2 aromatic rings. The first kappa shape index (κ1) is 16.8. The van der Waals surface area contributed by atoms with Gasteiger partial charge in [0.2, 0.25) is 11.8 Å². The summed E-state index contributed by atoms with van der Waals surface area (Å²) in [5.41, 5.74) is 0.861. The number of carbonyl (C=O) groups is 2. The quantitative estimate of drug-likeness (QED) is 0.826. The van der Waals surface area contributed by atoms with Crippen LogP contribution in [0.2, 0.25) is 0 Å². The van der Waals surface area contributed by atoms with Gasteiger partial charge in [-0.25, -0.2) is 0 Å². The predicted molar refractivity (Wildman–Crippen MR) is 90.6 cm³/mol. The largest absolute Gasteiger partial charge is 0.456 e. The molecule has 0 aliphatic carbocycles. The zero-order valence-electron chi connectivity index (χ0n) is 15.2. The van der Waals surface area contributed by atoms with Crippen molar-refractivity contribution in [2.45, 2.75) is 45.6 Å². The highest BCUT2D eigenvalue weighted by atomic mass is 16.5. The van der Waals surface area contributed by atoms with Crippen molar-refractivity contribution in [3.63, 3.8) is 0 Å². The summed E-state index contributed by atoms with van der Waals surface area (Å²) in [6.07, 6.45) is 1.14. The van der Waals surface area contributed by atoms with Crippen LogP contribution in [0.3, 0.4) is 0 Å². The Labute approximate surface area is 151 Å². The third kappa shape index (κ3) is 2.79. The van der Waals surface area contributed by atoms with E-state index in [0.29, 0.717) is 43.5 Å². The molecule has 2 amide bonds. The third-order valence-corrected chi connectivity index (χ3v) is 5.15. The Hall–Kier alpha value is -2.64. The van der Waals surface area contributed by atoms with E-state index < -0.39 is 0 Å². The molecule has 1 unspecified atom stereocenters. The molecule has 0 N–H and O–H groups in total. The second-order valence-corrected chi connectivity index (χ2v) is 7.07. The smallest absolute Gasteiger partial charge is 0.289 e. The van der Waals surface area contributed by atoms with Crippen molar-refractivity contribution in [3.8, 4) is 0 Å². The minimum Gasteiger partial charge on any atom is -0.456 e. The Bertz CT molecular complexity index is 849. The Balaban J connectivity index is 1.37. The van der Waals surface area contributed by atoms with Crippen molar-refractivity contribution in [2.24, 2.45) is 0 Å². The van der Waals surface area contributed by atoms with E-state index in [9.17, 15) is 9.59 Å². The van der Waals surface area contributed by atoms with Gasteiger partial charge in [0, 0.05) is 38.0 Å². The summed E-state index contributed by atoms with van der Waals surface area (Å²) < 4.78 is 10.8. The molecule has 138 valence electrons. The molecular weight excluding hydrogens is 336 g/mol. The summed E-state index contributed by atoms with van der Waals surface area (Å²) in [5, 5.41) is 3.80. The summed E-state index contributed by atoms with van der Waals surface area (Å²) in [6, 6.07) is 1.95. The Morgan fingerprint density at radius 3 is 2.69 bits per heavy atom. The van der Waals surface area contributed by atoms with Gasteiger partial charge in [-0.1, -0.05) is 12.1 Å². The Morgan fingerprint density at radius 2 is 2.08 bits per heavy atom. The van der Waals surface area contributed by atoms with Gasteiger partial charge >= 0.3 is 0 Å². The number of carbonyl (C=O) groups excluding carboxylic acids is 2. The average Bonchev–Trinajstić information content (AvgIpc) is 3.25. The fourth-order valence-electron chi connectivity index (χ4n) is 3.63. The molecule has 2 aliphatic heterocycles. The van der Waals surface area contributed by atoms with Crippen molar-refractivity contribution in [1.29, 1.82) is 0 Å². The van der Waals surface area contributed by atoms with Crippen molar-refractivity contribution in [2.75, 3.05) is 19.6 Å². The molecule has 0 bridgehead atoms. The van der Waals surface area contributed by atoms with Crippen LogP contribution in [0.15, 0.2) is 15.0 Å². The number of likely N-dealkylation sites (tertiary alicyclic amines) is 2. The van der Waals surface area contributed by atoms with E-state index in [1.807, 2.05) is 24.8 Å². The standard InChI is InChI=1S/C18H22N4O4/c1-4-14-5-10(2)16(25-14)18(24)21-8-13(9-21)22-7-12(6-15(22)23)17-19-11(3)20-26-17/h5,12-13H,4,6-9H2,1-3H3. The number of hydrogen-bond acceptors (Lipinski definition) is 6. The second kappa shape index (κ2) is 6.26. The van der Waals surface area contributed by atoms with Gasteiger partial charge in [-0.15, -0.1) is 0 Å². The van der Waals surface area contributed by atoms with Crippen LogP contribution in [0.25, 0.3) is 0 Å². The molecular formula is C18H22N4O4. The first-order valence-electron chi connectivity index (χ1n) is 8.94. The minimum atomic E-state index is -0.103. The molecule has 26 heavy (non-hydrogen) atoms. The summed E-state index contributed by atoms with van der Waals surface area (Å²) >= 11 is 0. The first-order chi connectivity index (χ1) is 12.5. The van der Waals surface area contributed by atoms with Crippen molar-refractivity contribution in [1.82, 2.24) is 19.9 Å². The fourth-order valence-corrected chi connectivity index (χ4v) is 3.63. The SMILES string of the molecule is CCc1cc(C)c(C(=O)N2CC(N3CC(c4nc(C)no4)CC3=O)C2)o1. The van der Waals surface area contributed by atoms with Crippen LogP contribution in [-0.2, 0) is 11.2 Å². The number of hydrogen-bond donors (Lipinski definition) is 0. The lowest BCUT2D eigenvalue weighted by Crippen LogP contribution is -2.61. The topological polar surface area (TPSA) is 92.7 Å². The molecule has 0 saturated carbocycles. The molecule has 4 rings (SSSR count). The van der Waals surface area contributed by atoms with Crippen LogP contribution in [0.5, 0.6) is 0 Å². The number of nitrogens with zero attached hydrogens (tertiary/aromatic N) is 4. The maximum atomic E-state index is 12.6.